The van der Waals surface area contributed by atoms with Gasteiger partial charge in [-0.3, -0.25) is 4.68 Å². The lowest BCUT2D eigenvalue weighted by atomic mass is 10.2. The normalized spacial score (nSPS) is 11.2. The average molecular weight is 377 g/mol. The van der Waals surface area contributed by atoms with Crippen LogP contribution in [0.15, 0.2) is 19.6 Å². The third-order valence-corrected chi connectivity index (χ3v) is 4.67. The fourth-order valence-electron chi connectivity index (χ4n) is 1.86. The summed E-state index contributed by atoms with van der Waals surface area (Å²) >= 11 is 6.72. The summed E-state index contributed by atoms with van der Waals surface area (Å²) in [4.78, 5) is 0. The fraction of sp³-hybridized carbons (Fsp3) is 0.417. The van der Waals surface area contributed by atoms with Gasteiger partial charge in [0.1, 0.15) is 5.76 Å². The summed E-state index contributed by atoms with van der Waals surface area (Å²) in [5.74, 6) is 0.896. The maximum absolute atomic E-state index is 5.50. The molecule has 0 saturated carbocycles. The lowest BCUT2D eigenvalue weighted by molar-refractivity contribution is 0.464. The predicted molar refractivity (Wildman–Crippen MR) is 77.3 cm³/mol. The van der Waals surface area contributed by atoms with Gasteiger partial charge in [0.15, 0.2) is 4.67 Å². The van der Waals surface area contributed by atoms with Crippen LogP contribution >= 0.6 is 31.9 Å². The van der Waals surface area contributed by atoms with E-state index in [2.05, 4.69) is 49.2 Å². The van der Waals surface area contributed by atoms with Gasteiger partial charge in [0.05, 0.1) is 16.7 Å². The molecule has 4 nitrogen and oxygen atoms in total. The summed E-state index contributed by atoms with van der Waals surface area (Å²) in [5.41, 5.74) is 3.52. The maximum atomic E-state index is 5.50. The third kappa shape index (κ3) is 2.87. The minimum absolute atomic E-state index is 0.692. The highest BCUT2D eigenvalue weighted by molar-refractivity contribution is 9.13. The maximum Gasteiger partial charge on any atom is 0.183 e. The van der Waals surface area contributed by atoms with Gasteiger partial charge in [-0.05, 0) is 51.8 Å². The van der Waals surface area contributed by atoms with Crippen LogP contribution in [0.25, 0.3) is 0 Å². The van der Waals surface area contributed by atoms with E-state index in [0.717, 1.165) is 27.1 Å². The van der Waals surface area contributed by atoms with E-state index in [1.54, 1.807) is 0 Å². The van der Waals surface area contributed by atoms with Crippen LogP contribution < -0.4 is 5.32 Å². The number of hydrogen-bond donors (Lipinski definition) is 1. The Balaban J connectivity index is 1.96. The number of hydrogen-bond acceptors (Lipinski definition) is 3. The molecule has 0 aliphatic rings. The zero-order chi connectivity index (χ0) is 13.3. The van der Waals surface area contributed by atoms with Crippen molar-refractivity contribution in [3.8, 4) is 0 Å². The Labute approximate surface area is 123 Å². The first-order valence-corrected chi connectivity index (χ1v) is 7.21. The number of aromatic nitrogens is 2. The van der Waals surface area contributed by atoms with Crippen LogP contribution in [-0.2, 0) is 20.1 Å². The topological polar surface area (TPSA) is 43.0 Å². The first kappa shape index (κ1) is 13.8. The van der Waals surface area contributed by atoms with E-state index in [1.165, 1.54) is 11.3 Å². The quantitative estimate of drug-likeness (QED) is 0.888. The zero-order valence-corrected chi connectivity index (χ0v) is 13.7. The van der Waals surface area contributed by atoms with Gasteiger partial charge < -0.3 is 9.73 Å². The van der Waals surface area contributed by atoms with Gasteiger partial charge in [0, 0.05) is 24.8 Å². The van der Waals surface area contributed by atoms with Crippen molar-refractivity contribution in [2.24, 2.45) is 7.05 Å². The van der Waals surface area contributed by atoms with Crippen molar-refractivity contribution in [1.29, 1.82) is 0 Å². The van der Waals surface area contributed by atoms with Gasteiger partial charge in [0.2, 0.25) is 0 Å². The van der Waals surface area contributed by atoms with Crippen LogP contribution in [0.3, 0.4) is 0 Å². The summed E-state index contributed by atoms with van der Waals surface area (Å²) in [6.07, 6.45) is 0. The standard InChI is InChI=1S/C12H15Br2N3O/c1-7-10(8(2)17(3)16-7)6-15-5-9-4-11(13)12(14)18-9/h4,15H,5-6H2,1-3H3. The average Bonchev–Trinajstić information content (AvgIpc) is 2.73. The van der Waals surface area contributed by atoms with Gasteiger partial charge in [-0.15, -0.1) is 0 Å². The molecule has 0 fully saturated rings. The predicted octanol–water partition coefficient (Wildman–Crippen LogP) is 3.44. The molecule has 2 aromatic heterocycles. The molecule has 0 amide bonds. The lowest BCUT2D eigenvalue weighted by Gasteiger charge is -2.03. The van der Waals surface area contributed by atoms with Gasteiger partial charge in [-0.2, -0.15) is 5.10 Å². The van der Waals surface area contributed by atoms with Gasteiger partial charge in [0.25, 0.3) is 0 Å². The van der Waals surface area contributed by atoms with Crippen LogP contribution in [0.4, 0.5) is 0 Å². The Hall–Kier alpha value is -0.590. The highest BCUT2D eigenvalue weighted by atomic mass is 79.9. The van der Waals surface area contributed by atoms with Crippen molar-refractivity contribution >= 4 is 31.9 Å². The van der Waals surface area contributed by atoms with Crippen molar-refractivity contribution < 1.29 is 4.42 Å². The largest absolute Gasteiger partial charge is 0.452 e. The second-order valence-corrected chi connectivity index (χ2v) is 5.79. The molecule has 0 unspecified atom stereocenters. The number of nitrogens with zero attached hydrogens (tertiary/aromatic N) is 2. The van der Waals surface area contributed by atoms with Crippen LogP contribution in [0, 0.1) is 13.8 Å². The number of rotatable bonds is 4. The Morgan fingerprint density at radius 3 is 2.56 bits per heavy atom. The number of furan rings is 1. The van der Waals surface area contributed by atoms with Crippen molar-refractivity contribution in [2.75, 3.05) is 0 Å². The molecule has 1 N–H and O–H groups in total. The molecule has 0 aromatic carbocycles. The molecule has 0 radical (unpaired) electrons. The Morgan fingerprint density at radius 2 is 2.06 bits per heavy atom. The van der Waals surface area contributed by atoms with Crippen LogP contribution in [0.2, 0.25) is 0 Å². The van der Waals surface area contributed by atoms with Crippen LogP contribution in [-0.4, -0.2) is 9.78 Å². The summed E-state index contributed by atoms with van der Waals surface area (Å²) in [6, 6.07) is 1.96. The summed E-state index contributed by atoms with van der Waals surface area (Å²) in [6.45, 7) is 5.60. The van der Waals surface area contributed by atoms with Gasteiger partial charge in [-0.25, -0.2) is 0 Å². The molecular weight excluding hydrogens is 362 g/mol. The molecule has 6 heteroatoms. The highest BCUT2D eigenvalue weighted by Gasteiger charge is 2.10. The van der Waals surface area contributed by atoms with Crippen molar-refractivity contribution in [3.05, 3.63) is 37.9 Å². The Bertz CT molecular complexity index is 540. The molecule has 2 aromatic rings. The molecular formula is C12H15Br2N3O. The first-order chi connectivity index (χ1) is 8.49. The van der Waals surface area contributed by atoms with E-state index >= 15 is 0 Å². The minimum atomic E-state index is 0.692. The molecule has 0 bridgehead atoms. The second kappa shape index (κ2) is 5.59. The van der Waals surface area contributed by atoms with Gasteiger partial charge in [-0.1, -0.05) is 0 Å². The summed E-state index contributed by atoms with van der Waals surface area (Å²) < 4.78 is 9.08. The number of aryl methyl sites for hydroxylation is 2. The molecule has 2 rings (SSSR count). The summed E-state index contributed by atoms with van der Waals surface area (Å²) in [5, 5.41) is 7.76. The van der Waals surface area contributed by atoms with E-state index in [4.69, 9.17) is 4.42 Å². The number of nitrogens with one attached hydrogen (secondary N) is 1. The molecule has 0 aliphatic carbocycles. The van der Waals surface area contributed by atoms with Crippen molar-refractivity contribution in [3.63, 3.8) is 0 Å². The minimum Gasteiger partial charge on any atom is -0.452 e. The second-order valence-electron chi connectivity index (χ2n) is 4.21. The molecule has 2 heterocycles. The highest BCUT2D eigenvalue weighted by Crippen LogP contribution is 2.26. The van der Waals surface area contributed by atoms with E-state index in [0.29, 0.717) is 6.54 Å². The summed E-state index contributed by atoms with van der Waals surface area (Å²) in [7, 11) is 1.96. The SMILES string of the molecule is Cc1nn(C)c(C)c1CNCc1cc(Br)c(Br)o1. The molecule has 0 saturated heterocycles. The lowest BCUT2D eigenvalue weighted by Crippen LogP contribution is -2.13. The molecule has 18 heavy (non-hydrogen) atoms. The zero-order valence-electron chi connectivity index (χ0n) is 10.6. The third-order valence-electron chi connectivity index (χ3n) is 2.96. The molecule has 0 atom stereocenters. The Kier molecular flexibility index (Phi) is 4.29. The van der Waals surface area contributed by atoms with E-state index in [1.807, 2.05) is 24.7 Å². The fourth-order valence-corrected chi connectivity index (χ4v) is 2.52. The number of halogens is 2. The first-order valence-electron chi connectivity index (χ1n) is 5.62. The van der Waals surface area contributed by atoms with Crippen LogP contribution in [0.1, 0.15) is 22.7 Å². The molecule has 0 aliphatic heterocycles. The van der Waals surface area contributed by atoms with Crippen molar-refractivity contribution in [2.45, 2.75) is 26.9 Å². The Morgan fingerprint density at radius 1 is 1.33 bits per heavy atom. The monoisotopic (exact) mass is 375 g/mol. The van der Waals surface area contributed by atoms with E-state index < -0.39 is 0 Å². The van der Waals surface area contributed by atoms with Crippen LogP contribution in [0.5, 0.6) is 0 Å². The van der Waals surface area contributed by atoms with Crippen molar-refractivity contribution in [1.82, 2.24) is 15.1 Å². The smallest absolute Gasteiger partial charge is 0.183 e. The van der Waals surface area contributed by atoms with Gasteiger partial charge >= 0.3 is 0 Å². The molecule has 98 valence electrons. The molecule has 0 spiro atoms. The van der Waals surface area contributed by atoms with E-state index in [9.17, 15) is 0 Å². The van der Waals surface area contributed by atoms with E-state index in [-0.39, 0.29) is 0 Å².